The van der Waals surface area contributed by atoms with Crippen molar-refractivity contribution >= 4 is 27.3 Å². The van der Waals surface area contributed by atoms with Gasteiger partial charge in [-0.15, -0.1) is 0 Å². The molecule has 0 saturated heterocycles. The number of benzene rings is 2. The maximum Gasteiger partial charge on any atom is 0.221 e. The van der Waals surface area contributed by atoms with Crippen LogP contribution in [0.25, 0.3) is 0 Å². The van der Waals surface area contributed by atoms with Crippen LogP contribution in [0.3, 0.4) is 0 Å². The van der Waals surface area contributed by atoms with E-state index in [0.29, 0.717) is 29.7 Å². The molecule has 3 rings (SSSR count). The third-order valence-electron chi connectivity index (χ3n) is 3.90. The van der Waals surface area contributed by atoms with E-state index < -0.39 is 9.84 Å². The van der Waals surface area contributed by atoms with Crippen molar-refractivity contribution in [3.8, 4) is 11.5 Å². The van der Waals surface area contributed by atoms with Crippen LogP contribution in [0.5, 0.6) is 11.5 Å². The number of sulfone groups is 1. The molecule has 1 N–H and O–H groups in total. The molecule has 0 aliphatic carbocycles. The van der Waals surface area contributed by atoms with Crippen molar-refractivity contribution in [2.75, 3.05) is 19.0 Å². The Labute approximate surface area is 157 Å². The molecule has 0 radical (unpaired) electrons. The summed E-state index contributed by atoms with van der Waals surface area (Å²) in [7, 11) is -3.60. The Balaban J connectivity index is 1.58. The number of amides is 1. The highest BCUT2D eigenvalue weighted by Crippen LogP contribution is 2.32. The van der Waals surface area contributed by atoms with Gasteiger partial charge in [-0.3, -0.25) is 4.79 Å². The predicted octanol–water partition coefficient (Wildman–Crippen LogP) is 2.59. The number of rotatable bonds is 6. The van der Waals surface area contributed by atoms with E-state index in [2.05, 4.69) is 5.32 Å². The minimum Gasteiger partial charge on any atom is -0.486 e. The molecule has 0 spiro atoms. The zero-order valence-electron chi connectivity index (χ0n) is 13.9. The Bertz CT molecular complexity index is 914. The van der Waals surface area contributed by atoms with Gasteiger partial charge in [0, 0.05) is 24.1 Å². The van der Waals surface area contributed by atoms with Gasteiger partial charge < -0.3 is 14.8 Å². The third kappa shape index (κ3) is 4.47. The van der Waals surface area contributed by atoms with E-state index in [9.17, 15) is 13.2 Å². The molecular weight excluding hydrogens is 378 g/mol. The largest absolute Gasteiger partial charge is 0.486 e. The molecule has 0 bridgehead atoms. The Kier molecular flexibility index (Phi) is 5.68. The summed E-state index contributed by atoms with van der Waals surface area (Å²) in [6, 6.07) is 11.6. The number of halogens is 1. The maximum absolute atomic E-state index is 12.5. The zero-order chi connectivity index (χ0) is 18.6. The highest BCUT2D eigenvalue weighted by molar-refractivity contribution is 7.91. The first-order chi connectivity index (χ1) is 12.5. The van der Waals surface area contributed by atoms with Gasteiger partial charge in [0.25, 0.3) is 0 Å². The summed E-state index contributed by atoms with van der Waals surface area (Å²) in [5.74, 6) is 0.278. The molecule has 0 saturated carbocycles. The monoisotopic (exact) mass is 395 g/mol. The second-order valence-corrected chi connectivity index (χ2v) is 8.26. The van der Waals surface area contributed by atoms with Crippen molar-refractivity contribution in [2.24, 2.45) is 0 Å². The van der Waals surface area contributed by atoms with Gasteiger partial charge in [-0.05, 0) is 23.8 Å². The van der Waals surface area contributed by atoms with E-state index in [4.69, 9.17) is 21.1 Å². The summed E-state index contributed by atoms with van der Waals surface area (Å²) in [5.41, 5.74) is 0.775. The van der Waals surface area contributed by atoms with Crippen molar-refractivity contribution in [2.45, 2.75) is 17.9 Å². The molecule has 8 heteroatoms. The normalized spacial score (nSPS) is 13.3. The van der Waals surface area contributed by atoms with Gasteiger partial charge >= 0.3 is 0 Å². The molecule has 1 aliphatic heterocycles. The number of ether oxygens (including phenoxy) is 2. The van der Waals surface area contributed by atoms with Gasteiger partial charge in [0.2, 0.25) is 5.91 Å². The fourth-order valence-electron chi connectivity index (χ4n) is 2.49. The summed E-state index contributed by atoms with van der Waals surface area (Å²) in [6.07, 6.45) is -0.138. The number of nitrogens with one attached hydrogen (secondary N) is 1. The van der Waals surface area contributed by atoms with Crippen molar-refractivity contribution in [3.63, 3.8) is 0 Å². The molecule has 138 valence electrons. The van der Waals surface area contributed by atoms with Gasteiger partial charge in [-0.2, -0.15) is 0 Å². The molecule has 2 aromatic carbocycles. The van der Waals surface area contributed by atoms with E-state index in [1.807, 2.05) is 6.07 Å². The summed E-state index contributed by atoms with van der Waals surface area (Å²) in [4.78, 5) is 12.1. The van der Waals surface area contributed by atoms with Crippen molar-refractivity contribution in [1.82, 2.24) is 5.32 Å². The van der Waals surface area contributed by atoms with Crippen LogP contribution in [0.4, 0.5) is 0 Å². The molecule has 0 aromatic heterocycles. The van der Waals surface area contributed by atoms with E-state index in [1.54, 1.807) is 24.3 Å². The quantitative estimate of drug-likeness (QED) is 0.813. The van der Waals surface area contributed by atoms with Gasteiger partial charge in [0.05, 0.1) is 10.6 Å². The molecule has 0 atom stereocenters. The standard InChI is InChI=1S/C18H18ClNO5S/c19-15-4-2-1-3-13(15)12-20-18(21)7-10-26(22,23)14-5-6-16-17(11-14)25-9-8-24-16/h1-6,11H,7-10,12H2,(H,20,21). The fraction of sp³-hybridized carbons (Fsp3) is 0.278. The summed E-state index contributed by atoms with van der Waals surface area (Å²) >= 11 is 6.03. The molecule has 1 heterocycles. The highest BCUT2D eigenvalue weighted by Gasteiger charge is 2.20. The van der Waals surface area contributed by atoms with E-state index >= 15 is 0 Å². The van der Waals surface area contributed by atoms with Crippen molar-refractivity contribution in [1.29, 1.82) is 0 Å². The molecule has 1 aliphatic rings. The van der Waals surface area contributed by atoms with Crippen LogP contribution in [0.1, 0.15) is 12.0 Å². The highest BCUT2D eigenvalue weighted by atomic mass is 35.5. The average Bonchev–Trinajstić information content (AvgIpc) is 2.65. The average molecular weight is 396 g/mol. The predicted molar refractivity (Wildman–Crippen MR) is 97.4 cm³/mol. The third-order valence-corrected chi connectivity index (χ3v) is 5.99. The van der Waals surface area contributed by atoms with Gasteiger partial charge in [-0.1, -0.05) is 29.8 Å². The first-order valence-electron chi connectivity index (χ1n) is 8.08. The fourth-order valence-corrected chi connectivity index (χ4v) is 3.94. The van der Waals surface area contributed by atoms with Gasteiger partial charge in [-0.25, -0.2) is 8.42 Å². The van der Waals surface area contributed by atoms with Crippen LogP contribution in [-0.2, 0) is 21.2 Å². The van der Waals surface area contributed by atoms with Crippen molar-refractivity contribution < 1.29 is 22.7 Å². The number of hydrogen-bond acceptors (Lipinski definition) is 5. The Hall–Kier alpha value is -2.25. The van der Waals surface area contributed by atoms with Crippen LogP contribution in [-0.4, -0.2) is 33.3 Å². The number of carbonyl (C=O) groups is 1. The Morgan fingerprint density at radius 1 is 1.08 bits per heavy atom. The molecule has 2 aromatic rings. The van der Waals surface area contributed by atoms with Crippen LogP contribution in [0.2, 0.25) is 5.02 Å². The maximum atomic E-state index is 12.5. The van der Waals surface area contributed by atoms with E-state index in [0.717, 1.165) is 5.56 Å². The molecule has 0 fully saturated rings. The molecule has 0 unspecified atom stereocenters. The second kappa shape index (κ2) is 7.97. The van der Waals surface area contributed by atoms with Crippen LogP contribution in [0, 0.1) is 0 Å². The smallest absolute Gasteiger partial charge is 0.221 e. The van der Waals surface area contributed by atoms with Gasteiger partial charge in [0.15, 0.2) is 21.3 Å². The molecule has 1 amide bonds. The topological polar surface area (TPSA) is 81.7 Å². The second-order valence-electron chi connectivity index (χ2n) is 5.74. The van der Waals surface area contributed by atoms with Gasteiger partial charge in [0.1, 0.15) is 13.2 Å². The number of hydrogen-bond donors (Lipinski definition) is 1. The first kappa shape index (κ1) is 18.5. The lowest BCUT2D eigenvalue weighted by molar-refractivity contribution is -0.120. The summed E-state index contributed by atoms with van der Waals surface area (Å²) < 4.78 is 35.7. The lowest BCUT2D eigenvalue weighted by atomic mass is 10.2. The minimum atomic E-state index is -3.60. The number of carbonyl (C=O) groups excluding carboxylic acids is 1. The summed E-state index contributed by atoms with van der Waals surface area (Å²) in [5, 5.41) is 3.23. The van der Waals surface area contributed by atoms with E-state index in [-0.39, 0.29) is 29.5 Å². The lowest BCUT2D eigenvalue weighted by Crippen LogP contribution is -2.25. The zero-order valence-corrected chi connectivity index (χ0v) is 15.5. The first-order valence-corrected chi connectivity index (χ1v) is 10.1. The molecule has 6 nitrogen and oxygen atoms in total. The SMILES string of the molecule is O=C(CCS(=O)(=O)c1ccc2c(c1)OCCO2)NCc1ccccc1Cl. The minimum absolute atomic E-state index is 0.112. The molecule has 26 heavy (non-hydrogen) atoms. The van der Waals surface area contributed by atoms with E-state index in [1.165, 1.54) is 12.1 Å². The number of fused-ring (bicyclic) bond motifs is 1. The van der Waals surface area contributed by atoms with Crippen LogP contribution in [0.15, 0.2) is 47.4 Å². The summed E-state index contributed by atoms with van der Waals surface area (Å²) in [6.45, 7) is 1.06. The Morgan fingerprint density at radius 3 is 2.58 bits per heavy atom. The molecular formula is C18H18ClNO5S. The van der Waals surface area contributed by atoms with Crippen LogP contribution < -0.4 is 14.8 Å². The van der Waals surface area contributed by atoms with Crippen LogP contribution >= 0.6 is 11.6 Å². The van der Waals surface area contributed by atoms with Crippen molar-refractivity contribution in [3.05, 3.63) is 53.1 Å². The Morgan fingerprint density at radius 2 is 1.81 bits per heavy atom. The lowest BCUT2D eigenvalue weighted by Gasteiger charge is -2.18.